The SMILES string of the molecule is O=C(NC1(C(F)(F)F)CC1)c1ccc2cccc3c2c1C=CC3. The second kappa shape index (κ2) is 4.60. The van der Waals surface area contributed by atoms with Crippen LogP contribution >= 0.6 is 0 Å². The fourth-order valence-electron chi connectivity index (χ4n) is 3.22. The Labute approximate surface area is 131 Å². The van der Waals surface area contributed by atoms with Gasteiger partial charge in [-0.1, -0.05) is 36.4 Å². The third kappa shape index (κ3) is 2.14. The predicted octanol–water partition coefficient (Wildman–Crippen LogP) is 4.23. The van der Waals surface area contributed by atoms with Crippen LogP contribution in [0.4, 0.5) is 13.2 Å². The molecular formula is C18H14F3NO. The van der Waals surface area contributed by atoms with Crippen LogP contribution in [0.5, 0.6) is 0 Å². The van der Waals surface area contributed by atoms with Gasteiger partial charge in [-0.2, -0.15) is 13.2 Å². The third-order valence-corrected chi connectivity index (χ3v) is 4.68. The highest BCUT2D eigenvalue weighted by Gasteiger charge is 2.64. The Bertz CT molecular complexity index is 847. The molecule has 0 spiro atoms. The van der Waals surface area contributed by atoms with Gasteiger partial charge in [0.15, 0.2) is 0 Å². The third-order valence-electron chi connectivity index (χ3n) is 4.68. The van der Waals surface area contributed by atoms with Gasteiger partial charge in [0.2, 0.25) is 0 Å². The van der Waals surface area contributed by atoms with Crippen molar-refractivity contribution in [3.63, 3.8) is 0 Å². The molecule has 1 fully saturated rings. The van der Waals surface area contributed by atoms with Crippen molar-refractivity contribution in [3.8, 4) is 0 Å². The standard InChI is InChI=1S/C18H14F3NO/c19-18(20,21)17(9-10-17)22-16(23)14-8-7-12-4-1-3-11-5-2-6-13(14)15(11)12/h1-4,6-8H,5,9-10H2,(H,22,23). The van der Waals surface area contributed by atoms with Crippen LogP contribution in [0, 0.1) is 0 Å². The molecule has 0 heterocycles. The first-order valence-electron chi connectivity index (χ1n) is 7.52. The maximum Gasteiger partial charge on any atom is 0.411 e. The number of hydrogen-bond donors (Lipinski definition) is 1. The molecule has 0 aromatic heterocycles. The largest absolute Gasteiger partial charge is 0.411 e. The second-order valence-corrected chi connectivity index (χ2v) is 6.18. The summed E-state index contributed by atoms with van der Waals surface area (Å²) in [6.45, 7) is 0. The molecule has 2 aliphatic carbocycles. The fourth-order valence-corrected chi connectivity index (χ4v) is 3.22. The number of halogens is 3. The number of carbonyl (C=O) groups excluding carboxylic acids is 1. The summed E-state index contributed by atoms with van der Waals surface area (Å²) in [5.74, 6) is -0.655. The summed E-state index contributed by atoms with van der Waals surface area (Å²) in [4.78, 5) is 12.5. The van der Waals surface area contributed by atoms with Gasteiger partial charge >= 0.3 is 6.18 Å². The molecule has 0 aliphatic heterocycles. The van der Waals surface area contributed by atoms with Crippen LogP contribution in [-0.4, -0.2) is 17.6 Å². The van der Waals surface area contributed by atoms with Crippen molar-refractivity contribution in [3.05, 3.63) is 53.1 Å². The van der Waals surface area contributed by atoms with Crippen molar-refractivity contribution < 1.29 is 18.0 Å². The highest BCUT2D eigenvalue weighted by atomic mass is 19.4. The van der Waals surface area contributed by atoms with Crippen LogP contribution in [-0.2, 0) is 6.42 Å². The maximum atomic E-state index is 13.1. The van der Waals surface area contributed by atoms with Crippen molar-refractivity contribution in [2.75, 3.05) is 0 Å². The zero-order chi connectivity index (χ0) is 16.2. The van der Waals surface area contributed by atoms with Crippen LogP contribution in [0.25, 0.3) is 16.8 Å². The number of amides is 1. The lowest BCUT2D eigenvalue weighted by molar-refractivity contribution is -0.163. The average Bonchev–Trinajstić information content (AvgIpc) is 3.29. The van der Waals surface area contributed by atoms with Gasteiger partial charge in [-0.3, -0.25) is 4.79 Å². The summed E-state index contributed by atoms with van der Waals surface area (Å²) in [5, 5.41) is 4.16. The molecule has 0 unspecified atom stereocenters. The van der Waals surface area contributed by atoms with E-state index in [1.54, 1.807) is 12.1 Å². The van der Waals surface area contributed by atoms with E-state index in [4.69, 9.17) is 0 Å². The number of benzene rings is 2. The summed E-state index contributed by atoms with van der Waals surface area (Å²) in [6, 6.07) is 9.28. The molecule has 23 heavy (non-hydrogen) atoms. The van der Waals surface area contributed by atoms with E-state index in [-0.39, 0.29) is 12.8 Å². The molecule has 2 aliphatic rings. The minimum absolute atomic E-state index is 0.0494. The fraction of sp³-hybridized carbons (Fsp3) is 0.278. The van der Waals surface area contributed by atoms with E-state index >= 15 is 0 Å². The first-order valence-corrected chi connectivity index (χ1v) is 7.52. The van der Waals surface area contributed by atoms with Crippen LogP contribution in [0.15, 0.2) is 36.4 Å². The molecule has 1 N–H and O–H groups in total. The molecule has 0 saturated heterocycles. The lowest BCUT2D eigenvalue weighted by Gasteiger charge is -2.22. The molecule has 2 aromatic rings. The van der Waals surface area contributed by atoms with Crippen molar-refractivity contribution in [2.45, 2.75) is 31.0 Å². The molecule has 118 valence electrons. The van der Waals surface area contributed by atoms with Gasteiger partial charge < -0.3 is 5.32 Å². The van der Waals surface area contributed by atoms with Crippen molar-refractivity contribution in [2.24, 2.45) is 0 Å². The van der Waals surface area contributed by atoms with E-state index in [1.807, 2.05) is 30.4 Å². The molecule has 0 bridgehead atoms. The molecule has 1 saturated carbocycles. The first-order chi connectivity index (χ1) is 10.9. The summed E-state index contributed by atoms with van der Waals surface area (Å²) >= 11 is 0. The molecule has 2 nitrogen and oxygen atoms in total. The zero-order valence-electron chi connectivity index (χ0n) is 12.2. The molecular weight excluding hydrogens is 303 g/mol. The van der Waals surface area contributed by atoms with Crippen molar-refractivity contribution in [1.29, 1.82) is 0 Å². The minimum atomic E-state index is -4.41. The predicted molar refractivity (Wildman–Crippen MR) is 82.2 cm³/mol. The van der Waals surface area contributed by atoms with Gasteiger partial charge in [-0.25, -0.2) is 0 Å². The van der Waals surface area contributed by atoms with E-state index in [1.165, 1.54) is 0 Å². The number of carbonyl (C=O) groups is 1. The zero-order valence-corrected chi connectivity index (χ0v) is 12.2. The molecule has 5 heteroatoms. The Balaban J connectivity index is 1.77. The topological polar surface area (TPSA) is 29.1 Å². The summed E-state index contributed by atoms with van der Waals surface area (Å²) in [6.07, 6.45) is 0.0278. The van der Waals surface area contributed by atoms with Gasteiger partial charge in [-0.05, 0) is 47.2 Å². The Hall–Kier alpha value is -2.30. The average molecular weight is 317 g/mol. The van der Waals surface area contributed by atoms with Crippen LogP contribution in [0.1, 0.15) is 34.3 Å². The normalized spacial score (nSPS) is 18.0. The van der Waals surface area contributed by atoms with E-state index in [0.29, 0.717) is 11.1 Å². The Morgan fingerprint density at radius 1 is 1.13 bits per heavy atom. The quantitative estimate of drug-likeness (QED) is 0.882. The number of nitrogens with one attached hydrogen (secondary N) is 1. The van der Waals surface area contributed by atoms with Gasteiger partial charge in [0.1, 0.15) is 5.54 Å². The first kappa shape index (κ1) is 14.3. The van der Waals surface area contributed by atoms with Gasteiger partial charge in [0.05, 0.1) is 0 Å². The van der Waals surface area contributed by atoms with E-state index in [0.717, 1.165) is 22.8 Å². The minimum Gasteiger partial charge on any atom is -0.338 e. The van der Waals surface area contributed by atoms with E-state index < -0.39 is 17.6 Å². The Kier molecular flexibility index (Phi) is 2.86. The monoisotopic (exact) mass is 317 g/mol. The highest BCUT2D eigenvalue weighted by Crippen LogP contribution is 2.49. The molecule has 0 atom stereocenters. The van der Waals surface area contributed by atoms with Crippen molar-refractivity contribution in [1.82, 2.24) is 5.32 Å². The lowest BCUT2D eigenvalue weighted by atomic mass is 9.89. The lowest BCUT2D eigenvalue weighted by Crippen LogP contribution is -2.48. The summed E-state index contributed by atoms with van der Waals surface area (Å²) in [5.41, 5.74) is 0.0618. The van der Waals surface area contributed by atoms with Gasteiger partial charge in [0, 0.05) is 5.56 Å². The number of allylic oxidation sites excluding steroid dienone is 1. The highest BCUT2D eigenvalue weighted by molar-refractivity contribution is 6.07. The molecule has 1 amide bonds. The molecule has 2 aromatic carbocycles. The number of alkyl halides is 3. The van der Waals surface area contributed by atoms with Crippen molar-refractivity contribution >= 4 is 22.8 Å². The Morgan fingerprint density at radius 3 is 2.61 bits per heavy atom. The Morgan fingerprint density at radius 2 is 1.91 bits per heavy atom. The van der Waals surface area contributed by atoms with E-state index in [9.17, 15) is 18.0 Å². The molecule has 4 rings (SSSR count). The number of rotatable bonds is 2. The van der Waals surface area contributed by atoms with E-state index in [2.05, 4.69) is 5.32 Å². The van der Waals surface area contributed by atoms with Crippen LogP contribution in [0.2, 0.25) is 0 Å². The van der Waals surface area contributed by atoms with Gasteiger partial charge in [-0.15, -0.1) is 0 Å². The summed E-state index contributed by atoms with van der Waals surface area (Å²) < 4.78 is 39.2. The van der Waals surface area contributed by atoms with Crippen LogP contribution < -0.4 is 5.32 Å². The smallest absolute Gasteiger partial charge is 0.338 e. The van der Waals surface area contributed by atoms with Gasteiger partial charge in [0.25, 0.3) is 5.91 Å². The second-order valence-electron chi connectivity index (χ2n) is 6.18. The summed E-state index contributed by atoms with van der Waals surface area (Å²) in [7, 11) is 0. The van der Waals surface area contributed by atoms with Crippen LogP contribution in [0.3, 0.4) is 0 Å². The maximum absolute atomic E-state index is 13.1. The molecule has 0 radical (unpaired) electrons. The number of hydrogen-bond acceptors (Lipinski definition) is 1.